The standard InChI is InChI=1S/C26H27N3O5S/c1-26(2,3)15-8-11-18-21(14-15)35-25(23(18)24(27)31)28-22(30)13-10-16-9-12-20(34-16)17-6-4-5-7-19(17)29(32)33/h4-7,9-10,12-13,15H,8,11,14H2,1-3H3,(H2,27,31)(H,28,30)/b13-10+/t15-/m0/s1. The number of para-hydroxylation sites is 1. The highest BCUT2D eigenvalue weighted by molar-refractivity contribution is 7.17. The molecule has 182 valence electrons. The maximum atomic E-state index is 12.6. The van der Waals surface area contributed by atoms with E-state index >= 15 is 0 Å². The number of nitro groups is 1. The molecule has 0 radical (unpaired) electrons. The third kappa shape index (κ3) is 5.19. The van der Waals surface area contributed by atoms with Crippen molar-refractivity contribution in [2.45, 2.75) is 40.0 Å². The largest absolute Gasteiger partial charge is 0.456 e. The second-order valence-electron chi connectivity index (χ2n) is 9.68. The summed E-state index contributed by atoms with van der Waals surface area (Å²) in [5.41, 5.74) is 7.46. The van der Waals surface area contributed by atoms with E-state index in [0.717, 1.165) is 29.7 Å². The number of rotatable bonds is 6. The molecule has 0 unspecified atom stereocenters. The topological polar surface area (TPSA) is 128 Å². The molecule has 1 aliphatic rings. The van der Waals surface area contributed by atoms with E-state index in [2.05, 4.69) is 26.1 Å². The molecule has 0 saturated carbocycles. The number of hydrogen-bond donors (Lipinski definition) is 2. The zero-order valence-electron chi connectivity index (χ0n) is 19.8. The van der Waals surface area contributed by atoms with E-state index in [-0.39, 0.29) is 11.1 Å². The van der Waals surface area contributed by atoms with Gasteiger partial charge >= 0.3 is 0 Å². The van der Waals surface area contributed by atoms with Crippen molar-refractivity contribution in [2.75, 3.05) is 5.32 Å². The lowest BCUT2D eigenvalue weighted by molar-refractivity contribution is -0.384. The molecule has 0 saturated heterocycles. The van der Waals surface area contributed by atoms with Gasteiger partial charge in [0, 0.05) is 17.0 Å². The SMILES string of the molecule is CC(C)(C)[C@H]1CCc2c(sc(NC(=O)/C=C/c3ccc(-c4ccccc4[N+](=O)[O-])o3)c2C(N)=O)C1. The summed E-state index contributed by atoms with van der Waals surface area (Å²) in [5.74, 6) is 0.208. The summed E-state index contributed by atoms with van der Waals surface area (Å²) in [6.07, 6.45) is 5.36. The first-order valence-corrected chi connectivity index (χ1v) is 12.1. The van der Waals surface area contributed by atoms with Gasteiger partial charge in [-0.05, 0) is 60.4 Å². The van der Waals surface area contributed by atoms with E-state index in [4.69, 9.17) is 10.2 Å². The highest BCUT2D eigenvalue weighted by atomic mass is 32.1. The first-order valence-electron chi connectivity index (χ1n) is 11.3. The predicted molar refractivity (Wildman–Crippen MR) is 136 cm³/mol. The average molecular weight is 494 g/mol. The Labute approximate surface area is 207 Å². The fraction of sp³-hybridized carbons (Fsp3) is 0.308. The lowest BCUT2D eigenvalue weighted by Crippen LogP contribution is -2.27. The van der Waals surface area contributed by atoms with Gasteiger partial charge in [0.2, 0.25) is 5.91 Å². The van der Waals surface area contributed by atoms with Crippen LogP contribution in [0.25, 0.3) is 17.4 Å². The number of nitro benzene ring substituents is 1. The number of carbonyl (C=O) groups excluding carboxylic acids is 2. The minimum Gasteiger partial charge on any atom is -0.456 e. The summed E-state index contributed by atoms with van der Waals surface area (Å²) < 4.78 is 5.69. The predicted octanol–water partition coefficient (Wildman–Crippen LogP) is 5.82. The molecular weight excluding hydrogens is 466 g/mol. The molecule has 3 aromatic rings. The molecule has 35 heavy (non-hydrogen) atoms. The van der Waals surface area contributed by atoms with Crippen LogP contribution < -0.4 is 11.1 Å². The first kappa shape index (κ1) is 24.4. The Bertz CT molecular complexity index is 1330. The number of nitrogens with two attached hydrogens (primary N) is 1. The van der Waals surface area contributed by atoms with Gasteiger partial charge in [-0.25, -0.2) is 0 Å². The van der Waals surface area contributed by atoms with Gasteiger partial charge in [-0.2, -0.15) is 0 Å². The minimum absolute atomic E-state index is 0.0653. The van der Waals surface area contributed by atoms with Crippen LogP contribution in [0.2, 0.25) is 0 Å². The number of carbonyl (C=O) groups is 2. The normalized spacial score (nSPS) is 15.7. The van der Waals surface area contributed by atoms with E-state index in [1.807, 2.05) is 0 Å². The molecule has 0 fully saturated rings. The molecule has 1 atom stereocenters. The summed E-state index contributed by atoms with van der Waals surface area (Å²) in [6.45, 7) is 6.65. The summed E-state index contributed by atoms with van der Waals surface area (Å²) >= 11 is 1.41. The summed E-state index contributed by atoms with van der Waals surface area (Å²) in [4.78, 5) is 36.7. The lowest BCUT2D eigenvalue weighted by Gasteiger charge is -2.33. The maximum Gasteiger partial charge on any atom is 0.280 e. The molecule has 9 heteroatoms. The zero-order chi connectivity index (χ0) is 25.3. The van der Waals surface area contributed by atoms with Crippen LogP contribution in [-0.4, -0.2) is 16.7 Å². The van der Waals surface area contributed by atoms with Crippen LogP contribution >= 0.6 is 11.3 Å². The van der Waals surface area contributed by atoms with Crippen molar-refractivity contribution in [1.82, 2.24) is 0 Å². The number of primary amides is 1. The number of nitrogens with zero attached hydrogens (tertiary/aromatic N) is 1. The van der Waals surface area contributed by atoms with Gasteiger partial charge in [-0.15, -0.1) is 11.3 Å². The van der Waals surface area contributed by atoms with Crippen LogP contribution in [0.3, 0.4) is 0 Å². The number of furan rings is 1. The van der Waals surface area contributed by atoms with Gasteiger partial charge in [0.05, 0.1) is 16.1 Å². The number of benzene rings is 1. The van der Waals surface area contributed by atoms with E-state index in [1.165, 1.54) is 29.6 Å². The first-order chi connectivity index (χ1) is 16.5. The van der Waals surface area contributed by atoms with E-state index in [9.17, 15) is 19.7 Å². The van der Waals surface area contributed by atoms with E-state index in [0.29, 0.717) is 33.6 Å². The molecule has 1 aromatic carbocycles. The second-order valence-corrected chi connectivity index (χ2v) is 10.8. The van der Waals surface area contributed by atoms with Gasteiger partial charge in [-0.1, -0.05) is 32.9 Å². The van der Waals surface area contributed by atoms with E-state index < -0.39 is 16.7 Å². The molecule has 0 spiro atoms. The third-order valence-electron chi connectivity index (χ3n) is 6.37. The van der Waals surface area contributed by atoms with Gasteiger partial charge < -0.3 is 15.5 Å². The minimum atomic E-state index is -0.545. The number of thiophene rings is 1. The quantitative estimate of drug-likeness (QED) is 0.254. The van der Waals surface area contributed by atoms with Crippen LogP contribution in [0.4, 0.5) is 10.7 Å². The van der Waals surface area contributed by atoms with Crippen LogP contribution in [0.1, 0.15) is 53.8 Å². The van der Waals surface area contributed by atoms with Gasteiger partial charge in [0.25, 0.3) is 11.6 Å². The van der Waals surface area contributed by atoms with Gasteiger partial charge in [0.1, 0.15) is 16.5 Å². The smallest absolute Gasteiger partial charge is 0.280 e. The third-order valence-corrected chi connectivity index (χ3v) is 7.53. The fourth-order valence-electron chi connectivity index (χ4n) is 4.41. The van der Waals surface area contributed by atoms with Crippen molar-refractivity contribution in [3.05, 3.63) is 74.4 Å². The molecule has 8 nitrogen and oxygen atoms in total. The number of hydrogen-bond acceptors (Lipinski definition) is 6. The molecule has 0 bridgehead atoms. The molecule has 2 amide bonds. The Morgan fingerprint density at radius 1 is 1.23 bits per heavy atom. The van der Waals surface area contributed by atoms with Gasteiger partial charge in [0.15, 0.2) is 0 Å². The number of nitrogens with one attached hydrogen (secondary N) is 1. The highest BCUT2D eigenvalue weighted by Crippen LogP contribution is 2.44. The Kier molecular flexibility index (Phi) is 6.62. The molecule has 2 aromatic heterocycles. The van der Waals surface area contributed by atoms with Crippen molar-refractivity contribution in [2.24, 2.45) is 17.1 Å². The van der Waals surface area contributed by atoms with Crippen molar-refractivity contribution in [1.29, 1.82) is 0 Å². The van der Waals surface area contributed by atoms with Gasteiger partial charge in [-0.3, -0.25) is 19.7 Å². The monoisotopic (exact) mass is 493 g/mol. The number of fused-ring (bicyclic) bond motifs is 1. The average Bonchev–Trinajstić information content (AvgIpc) is 3.40. The van der Waals surface area contributed by atoms with Crippen molar-refractivity contribution >= 4 is 39.9 Å². The number of anilines is 1. The summed E-state index contributed by atoms with van der Waals surface area (Å²) in [7, 11) is 0. The molecule has 4 rings (SSSR count). The van der Waals surface area contributed by atoms with Crippen LogP contribution in [0, 0.1) is 21.4 Å². The van der Waals surface area contributed by atoms with Crippen LogP contribution in [0.15, 0.2) is 46.9 Å². The van der Waals surface area contributed by atoms with Crippen molar-refractivity contribution in [3.63, 3.8) is 0 Å². The van der Waals surface area contributed by atoms with Crippen molar-refractivity contribution < 1.29 is 18.9 Å². The Balaban J connectivity index is 1.51. The Morgan fingerprint density at radius 3 is 2.66 bits per heavy atom. The molecule has 2 heterocycles. The molecule has 1 aliphatic carbocycles. The highest BCUT2D eigenvalue weighted by Gasteiger charge is 2.33. The molecule has 0 aliphatic heterocycles. The number of amides is 2. The van der Waals surface area contributed by atoms with Crippen LogP contribution in [0.5, 0.6) is 0 Å². The molecular formula is C26H27N3O5S. The maximum absolute atomic E-state index is 12.6. The fourth-order valence-corrected chi connectivity index (χ4v) is 5.75. The molecule has 3 N–H and O–H groups in total. The Morgan fingerprint density at radius 2 is 1.97 bits per heavy atom. The second kappa shape index (κ2) is 9.50. The van der Waals surface area contributed by atoms with Crippen molar-refractivity contribution in [3.8, 4) is 11.3 Å². The lowest BCUT2D eigenvalue weighted by atomic mass is 9.72. The Hall–Kier alpha value is -3.72. The van der Waals surface area contributed by atoms with Crippen LogP contribution in [-0.2, 0) is 17.6 Å². The summed E-state index contributed by atoms with van der Waals surface area (Å²) in [6, 6.07) is 9.52. The summed E-state index contributed by atoms with van der Waals surface area (Å²) in [5, 5.41) is 14.5. The zero-order valence-corrected chi connectivity index (χ0v) is 20.6. The van der Waals surface area contributed by atoms with E-state index in [1.54, 1.807) is 30.3 Å².